The fourth-order valence-corrected chi connectivity index (χ4v) is 2.86. The van der Waals surface area contributed by atoms with Crippen molar-refractivity contribution in [3.05, 3.63) is 29.6 Å². The Kier molecular flexibility index (Phi) is 3.67. The van der Waals surface area contributed by atoms with Crippen molar-refractivity contribution in [3.8, 4) is 5.75 Å². The zero-order valence-corrected chi connectivity index (χ0v) is 10.5. The van der Waals surface area contributed by atoms with Crippen molar-refractivity contribution in [2.45, 2.75) is 45.2 Å². The van der Waals surface area contributed by atoms with E-state index in [1.807, 2.05) is 0 Å². The number of rotatable bonds is 3. The van der Waals surface area contributed by atoms with E-state index in [9.17, 15) is 9.50 Å². The molecule has 1 aromatic rings. The van der Waals surface area contributed by atoms with E-state index in [2.05, 4.69) is 18.7 Å². The third-order valence-corrected chi connectivity index (χ3v) is 3.83. The van der Waals surface area contributed by atoms with Crippen LogP contribution < -0.4 is 0 Å². The second-order valence-electron chi connectivity index (χ2n) is 4.82. The molecule has 0 spiro atoms. The van der Waals surface area contributed by atoms with Crippen molar-refractivity contribution in [1.29, 1.82) is 0 Å². The minimum absolute atomic E-state index is 0.0688. The molecule has 2 unspecified atom stereocenters. The highest BCUT2D eigenvalue weighted by Gasteiger charge is 2.28. The molecule has 1 saturated heterocycles. The standard InChI is InChI=1S/C14H20FNO/c1-3-12-5-4-8-16(12)10(2)13-7-6-11(15)9-14(13)17/h6-7,9-10,12,17H,3-5,8H2,1-2H3. The Hall–Kier alpha value is -1.09. The Morgan fingerprint density at radius 2 is 2.29 bits per heavy atom. The molecule has 1 heterocycles. The SMILES string of the molecule is CCC1CCCN1C(C)c1ccc(F)cc1O. The van der Waals surface area contributed by atoms with Crippen LogP contribution in [0.25, 0.3) is 0 Å². The highest BCUT2D eigenvalue weighted by molar-refractivity contribution is 5.35. The number of benzene rings is 1. The van der Waals surface area contributed by atoms with Gasteiger partial charge in [0.1, 0.15) is 11.6 Å². The van der Waals surface area contributed by atoms with E-state index < -0.39 is 0 Å². The van der Waals surface area contributed by atoms with Gasteiger partial charge >= 0.3 is 0 Å². The number of halogens is 1. The van der Waals surface area contributed by atoms with E-state index in [0.717, 1.165) is 18.5 Å². The minimum atomic E-state index is -0.382. The fourth-order valence-electron chi connectivity index (χ4n) is 2.86. The summed E-state index contributed by atoms with van der Waals surface area (Å²) >= 11 is 0. The van der Waals surface area contributed by atoms with Crippen molar-refractivity contribution in [1.82, 2.24) is 4.90 Å². The lowest BCUT2D eigenvalue weighted by atomic mass is 10.0. The predicted molar refractivity (Wildman–Crippen MR) is 66.5 cm³/mol. The van der Waals surface area contributed by atoms with Gasteiger partial charge in [-0.3, -0.25) is 4.90 Å². The maximum atomic E-state index is 13.0. The van der Waals surface area contributed by atoms with Crippen LogP contribution in [0.2, 0.25) is 0 Å². The summed E-state index contributed by atoms with van der Waals surface area (Å²) in [4.78, 5) is 2.41. The summed E-state index contributed by atoms with van der Waals surface area (Å²) in [5.41, 5.74) is 0.826. The first-order valence-electron chi connectivity index (χ1n) is 6.37. The molecule has 17 heavy (non-hydrogen) atoms. The van der Waals surface area contributed by atoms with E-state index in [-0.39, 0.29) is 17.6 Å². The zero-order chi connectivity index (χ0) is 12.4. The molecule has 0 saturated carbocycles. The van der Waals surface area contributed by atoms with Gasteiger partial charge in [-0.25, -0.2) is 4.39 Å². The monoisotopic (exact) mass is 237 g/mol. The van der Waals surface area contributed by atoms with Gasteiger partial charge in [-0.2, -0.15) is 0 Å². The molecule has 1 N–H and O–H groups in total. The third kappa shape index (κ3) is 2.44. The predicted octanol–water partition coefficient (Wildman–Crippen LogP) is 3.47. The first kappa shape index (κ1) is 12.4. The summed E-state index contributed by atoms with van der Waals surface area (Å²) in [5, 5.41) is 9.81. The van der Waals surface area contributed by atoms with Crippen molar-refractivity contribution >= 4 is 0 Å². The maximum absolute atomic E-state index is 13.0. The van der Waals surface area contributed by atoms with E-state index >= 15 is 0 Å². The second kappa shape index (κ2) is 5.05. The van der Waals surface area contributed by atoms with Crippen LogP contribution in [0.5, 0.6) is 5.75 Å². The number of hydrogen-bond acceptors (Lipinski definition) is 2. The lowest BCUT2D eigenvalue weighted by Gasteiger charge is -2.30. The lowest BCUT2D eigenvalue weighted by Crippen LogP contribution is -2.31. The summed E-state index contributed by atoms with van der Waals surface area (Å²) in [6.45, 7) is 5.34. The summed E-state index contributed by atoms with van der Waals surface area (Å²) in [5.74, 6) is -0.314. The molecule has 1 aliphatic rings. The molecular formula is C14H20FNO. The molecular weight excluding hydrogens is 217 g/mol. The van der Waals surface area contributed by atoms with Crippen LogP contribution >= 0.6 is 0 Å². The van der Waals surface area contributed by atoms with Gasteiger partial charge in [0, 0.05) is 23.7 Å². The maximum Gasteiger partial charge on any atom is 0.126 e. The normalized spacial score (nSPS) is 22.9. The largest absolute Gasteiger partial charge is 0.508 e. The van der Waals surface area contributed by atoms with Gasteiger partial charge in [0.25, 0.3) is 0 Å². The summed E-state index contributed by atoms with van der Waals surface area (Å²) in [7, 11) is 0. The average Bonchev–Trinajstić information content (AvgIpc) is 2.76. The lowest BCUT2D eigenvalue weighted by molar-refractivity contribution is 0.185. The first-order chi connectivity index (χ1) is 8.13. The van der Waals surface area contributed by atoms with Crippen molar-refractivity contribution < 1.29 is 9.50 Å². The molecule has 0 amide bonds. The number of likely N-dealkylation sites (tertiary alicyclic amines) is 1. The quantitative estimate of drug-likeness (QED) is 0.870. The molecule has 0 aromatic heterocycles. The summed E-state index contributed by atoms with van der Waals surface area (Å²) in [6.07, 6.45) is 3.57. The van der Waals surface area contributed by atoms with E-state index in [0.29, 0.717) is 6.04 Å². The van der Waals surface area contributed by atoms with E-state index in [4.69, 9.17) is 0 Å². The molecule has 94 valence electrons. The number of hydrogen-bond donors (Lipinski definition) is 1. The Labute approximate surface area is 102 Å². The minimum Gasteiger partial charge on any atom is -0.508 e. The molecule has 2 rings (SSSR count). The van der Waals surface area contributed by atoms with Gasteiger partial charge in [-0.1, -0.05) is 13.0 Å². The third-order valence-electron chi connectivity index (χ3n) is 3.83. The molecule has 2 nitrogen and oxygen atoms in total. The molecule has 1 aliphatic heterocycles. The number of phenolic OH excluding ortho intramolecular Hbond substituents is 1. The van der Waals surface area contributed by atoms with Gasteiger partial charge in [0.15, 0.2) is 0 Å². The second-order valence-corrected chi connectivity index (χ2v) is 4.82. The fraction of sp³-hybridized carbons (Fsp3) is 0.571. The van der Waals surface area contributed by atoms with Gasteiger partial charge in [0.05, 0.1) is 0 Å². The smallest absolute Gasteiger partial charge is 0.126 e. The Balaban J connectivity index is 2.21. The molecule has 1 aromatic carbocycles. The molecule has 1 fully saturated rings. The Bertz CT molecular complexity index is 394. The Morgan fingerprint density at radius 3 is 2.94 bits per heavy atom. The van der Waals surface area contributed by atoms with Crippen LogP contribution in [0.1, 0.15) is 44.7 Å². The van der Waals surface area contributed by atoms with Crippen molar-refractivity contribution in [2.75, 3.05) is 6.54 Å². The van der Waals surface area contributed by atoms with Crippen LogP contribution in [-0.2, 0) is 0 Å². The first-order valence-corrected chi connectivity index (χ1v) is 6.37. The van der Waals surface area contributed by atoms with Crippen LogP contribution in [0.4, 0.5) is 4.39 Å². The van der Waals surface area contributed by atoms with Crippen molar-refractivity contribution in [2.24, 2.45) is 0 Å². The van der Waals surface area contributed by atoms with Gasteiger partial charge in [-0.05, 0) is 38.8 Å². The highest BCUT2D eigenvalue weighted by Crippen LogP contribution is 2.34. The zero-order valence-electron chi connectivity index (χ0n) is 10.5. The van der Waals surface area contributed by atoms with Crippen molar-refractivity contribution in [3.63, 3.8) is 0 Å². The van der Waals surface area contributed by atoms with Crippen LogP contribution in [-0.4, -0.2) is 22.6 Å². The average molecular weight is 237 g/mol. The van der Waals surface area contributed by atoms with Crippen LogP contribution in [0, 0.1) is 5.82 Å². The summed E-state index contributed by atoms with van der Waals surface area (Å²) < 4.78 is 13.0. The highest BCUT2D eigenvalue weighted by atomic mass is 19.1. The topological polar surface area (TPSA) is 23.5 Å². The number of phenols is 1. The summed E-state index contributed by atoms with van der Waals surface area (Å²) in [6, 6.07) is 5.06. The van der Waals surface area contributed by atoms with Gasteiger partial charge in [0.2, 0.25) is 0 Å². The van der Waals surface area contributed by atoms with Gasteiger partial charge < -0.3 is 5.11 Å². The molecule has 0 radical (unpaired) electrons. The number of aromatic hydroxyl groups is 1. The Morgan fingerprint density at radius 1 is 1.53 bits per heavy atom. The van der Waals surface area contributed by atoms with Gasteiger partial charge in [-0.15, -0.1) is 0 Å². The van der Waals surface area contributed by atoms with E-state index in [1.165, 1.54) is 25.0 Å². The van der Waals surface area contributed by atoms with Crippen LogP contribution in [0.15, 0.2) is 18.2 Å². The molecule has 0 bridgehead atoms. The molecule has 0 aliphatic carbocycles. The van der Waals surface area contributed by atoms with E-state index in [1.54, 1.807) is 6.07 Å². The van der Waals surface area contributed by atoms with Crippen LogP contribution in [0.3, 0.4) is 0 Å². The number of nitrogens with zero attached hydrogens (tertiary/aromatic N) is 1. The molecule has 2 atom stereocenters. The molecule has 3 heteroatoms.